The van der Waals surface area contributed by atoms with Gasteiger partial charge in [-0.2, -0.15) is 0 Å². The number of rotatable bonds is 8. The number of aliphatic hydroxyl groups is 1. The van der Waals surface area contributed by atoms with Gasteiger partial charge in [-0.15, -0.1) is 0 Å². The molecule has 2 rings (SSSR count). The van der Waals surface area contributed by atoms with E-state index in [0.29, 0.717) is 25.3 Å². The highest BCUT2D eigenvalue weighted by atomic mass is 16.5. The van der Waals surface area contributed by atoms with Crippen molar-refractivity contribution >= 4 is 11.7 Å². The molecule has 1 unspecified atom stereocenters. The van der Waals surface area contributed by atoms with Crippen LogP contribution in [-0.4, -0.2) is 23.8 Å². The molecule has 0 fully saturated rings. The van der Waals surface area contributed by atoms with E-state index in [9.17, 15) is 9.90 Å². The fourth-order valence-electron chi connectivity index (χ4n) is 2.28. The Hall–Kier alpha value is -2.53. The van der Waals surface area contributed by atoms with Crippen LogP contribution in [0.2, 0.25) is 0 Å². The number of benzene rings is 2. The second-order valence-corrected chi connectivity index (χ2v) is 6.24. The van der Waals surface area contributed by atoms with Crippen molar-refractivity contribution in [3.05, 3.63) is 60.2 Å². The predicted octanol–water partition coefficient (Wildman–Crippen LogP) is 3.79. The molecular formula is C20H26N2O3. The molecule has 2 aromatic carbocycles. The Balaban J connectivity index is 1.86. The van der Waals surface area contributed by atoms with Crippen molar-refractivity contribution in [1.29, 1.82) is 0 Å². The fraction of sp³-hybridized carbons (Fsp3) is 0.350. The molecular weight excluding hydrogens is 316 g/mol. The van der Waals surface area contributed by atoms with E-state index in [1.54, 1.807) is 0 Å². The topological polar surface area (TPSA) is 70.6 Å². The van der Waals surface area contributed by atoms with Gasteiger partial charge in [-0.05, 0) is 30.5 Å². The number of nitrogens with one attached hydrogen (secondary N) is 2. The van der Waals surface area contributed by atoms with E-state index >= 15 is 0 Å². The maximum atomic E-state index is 12.0. The molecule has 0 bridgehead atoms. The van der Waals surface area contributed by atoms with Gasteiger partial charge in [0, 0.05) is 17.8 Å². The molecule has 3 N–H and O–H groups in total. The zero-order valence-corrected chi connectivity index (χ0v) is 14.7. The van der Waals surface area contributed by atoms with Crippen molar-refractivity contribution < 1.29 is 14.6 Å². The molecule has 0 aliphatic carbocycles. The number of hydrogen-bond donors (Lipinski definition) is 3. The van der Waals surface area contributed by atoms with Gasteiger partial charge < -0.3 is 20.5 Å². The SMILES string of the molecule is CC(C)C(O)CCNC(=O)Nc1ccccc1COc1ccccc1. The fourth-order valence-corrected chi connectivity index (χ4v) is 2.28. The van der Waals surface area contributed by atoms with Crippen LogP contribution in [0.15, 0.2) is 54.6 Å². The lowest BCUT2D eigenvalue weighted by Crippen LogP contribution is -2.32. The highest BCUT2D eigenvalue weighted by Crippen LogP contribution is 2.18. The largest absolute Gasteiger partial charge is 0.489 e. The van der Waals surface area contributed by atoms with Crippen LogP contribution in [-0.2, 0) is 6.61 Å². The summed E-state index contributed by atoms with van der Waals surface area (Å²) in [6, 6.07) is 16.8. The maximum Gasteiger partial charge on any atom is 0.319 e. The second kappa shape index (κ2) is 9.69. The molecule has 0 aliphatic rings. The zero-order valence-electron chi connectivity index (χ0n) is 14.7. The lowest BCUT2D eigenvalue weighted by Gasteiger charge is -2.15. The van der Waals surface area contributed by atoms with Gasteiger partial charge in [0.25, 0.3) is 0 Å². The van der Waals surface area contributed by atoms with E-state index in [1.165, 1.54) is 0 Å². The van der Waals surface area contributed by atoms with E-state index in [0.717, 1.165) is 11.3 Å². The minimum Gasteiger partial charge on any atom is -0.489 e. The molecule has 0 aromatic heterocycles. The van der Waals surface area contributed by atoms with E-state index < -0.39 is 6.10 Å². The Morgan fingerprint density at radius 1 is 1.08 bits per heavy atom. The molecule has 25 heavy (non-hydrogen) atoms. The van der Waals surface area contributed by atoms with Gasteiger partial charge >= 0.3 is 6.03 Å². The smallest absolute Gasteiger partial charge is 0.319 e. The number of para-hydroxylation sites is 2. The summed E-state index contributed by atoms with van der Waals surface area (Å²) in [5, 5.41) is 15.4. The molecule has 134 valence electrons. The van der Waals surface area contributed by atoms with Crippen LogP contribution in [0.4, 0.5) is 10.5 Å². The van der Waals surface area contributed by atoms with Gasteiger partial charge in [-0.1, -0.05) is 50.2 Å². The van der Waals surface area contributed by atoms with Gasteiger partial charge in [0.05, 0.1) is 6.10 Å². The summed E-state index contributed by atoms with van der Waals surface area (Å²) in [4.78, 5) is 12.0. The molecule has 2 aromatic rings. The molecule has 0 radical (unpaired) electrons. The lowest BCUT2D eigenvalue weighted by atomic mass is 10.0. The summed E-state index contributed by atoms with van der Waals surface area (Å²) < 4.78 is 5.75. The minimum atomic E-state index is -0.410. The summed E-state index contributed by atoms with van der Waals surface area (Å²) in [6.07, 6.45) is 0.121. The van der Waals surface area contributed by atoms with E-state index in [2.05, 4.69) is 10.6 Å². The Kier molecular flexibility index (Phi) is 7.29. The molecule has 2 amide bonds. The summed E-state index contributed by atoms with van der Waals surface area (Å²) in [7, 11) is 0. The number of hydrogen-bond acceptors (Lipinski definition) is 3. The standard InChI is InChI=1S/C20H26N2O3/c1-15(2)19(23)12-13-21-20(24)22-18-11-7-6-8-16(18)14-25-17-9-4-3-5-10-17/h3-11,15,19,23H,12-14H2,1-2H3,(H2,21,22,24). The van der Waals surface area contributed by atoms with Crippen molar-refractivity contribution in [1.82, 2.24) is 5.32 Å². The molecule has 0 spiro atoms. The van der Waals surface area contributed by atoms with Crippen molar-refractivity contribution in [2.24, 2.45) is 5.92 Å². The average molecular weight is 342 g/mol. The Morgan fingerprint density at radius 3 is 2.48 bits per heavy atom. The van der Waals surface area contributed by atoms with Crippen LogP contribution in [0.5, 0.6) is 5.75 Å². The third kappa shape index (κ3) is 6.47. The van der Waals surface area contributed by atoms with E-state index in [1.807, 2.05) is 68.4 Å². The minimum absolute atomic E-state index is 0.181. The normalized spacial score (nSPS) is 11.8. The summed E-state index contributed by atoms with van der Waals surface area (Å²) in [5.74, 6) is 0.963. The first kappa shape index (κ1) is 18.8. The average Bonchev–Trinajstić information content (AvgIpc) is 2.61. The predicted molar refractivity (Wildman–Crippen MR) is 99.7 cm³/mol. The third-order valence-corrected chi connectivity index (χ3v) is 3.90. The van der Waals surface area contributed by atoms with Gasteiger partial charge in [-0.3, -0.25) is 0 Å². The van der Waals surface area contributed by atoms with Gasteiger partial charge in [0.1, 0.15) is 12.4 Å². The first-order valence-corrected chi connectivity index (χ1v) is 8.55. The van der Waals surface area contributed by atoms with Crippen LogP contribution < -0.4 is 15.4 Å². The lowest BCUT2D eigenvalue weighted by molar-refractivity contribution is 0.117. The molecule has 1 atom stereocenters. The van der Waals surface area contributed by atoms with Crippen LogP contribution in [0, 0.1) is 5.92 Å². The van der Waals surface area contributed by atoms with E-state index in [4.69, 9.17) is 4.74 Å². The van der Waals surface area contributed by atoms with Crippen molar-refractivity contribution in [2.45, 2.75) is 33.0 Å². The highest BCUT2D eigenvalue weighted by molar-refractivity contribution is 5.90. The first-order valence-electron chi connectivity index (χ1n) is 8.55. The quantitative estimate of drug-likeness (QED) is 0.683. The van der Waals surface area contributed by atoms with E-state index in [-0.39, 0.29) is 11.9 Å². The highest BCUT2D eigenvalue weighted by Gasteiger charge is 2.10. The molecule has 0 aliphatic heterocycles. The zero-order chi connectivity index (χ0) is 18.1. The number of ether oxygens (including phenoxy) is 1. The summed E-state index contributed by atoms with van der Waals surface area (Å²) in [6.45, 7) is 4.70. The number of carbonyl (C=O) groups excluding carboxylic acids is 1. The number of anilines is 1. The Morgan fingerprint density at radius 2 is 1.76 bits per heavy atom. The molecule has 0 heterocycles. The first-order chi connectivity index (χ1) is 12.1. The number of carbonyl (C=O) groups is 1. The maximum absolute atomic E-state index is 12.0. The molecule has 0 saturated carbocycles. The van der Waals surface area contributed by atoms with Gasteiger partial charge in [0.15, 0.2) is 0 Å². The van der Waals surface area contributed by atoms with Crippen LogP contribution in [0.25, 0.3) is 0 Å². The molecule has 0 saturated heterocycles. The molecule has 5 heteroatoms. The second-order valence-electron chi connectivity index (χ2n) is 6.24. The number of amides is 2. The number of urea groups is 1. The van der Waals surface area contributed by atoms with Crippen LogP contribution >= 0.6 is 0 Å². The third-order valence-electron chi connectivity index (χ3n) is 3.90. The monoisotopic (exact) mass is 342 g/mol. The van der Waals surface area contributed by atoms with Gasteiger partial charge in [0.2, 0.25) is 0 Å². The van der Waals surface area contributed by atoms with Crippen molar-refractivity contribution in [3.63, 3.8) is 0 Å². The van der Waals surface area contributed by atoms with Crippen LogP contribution in [0.1, 0.15) is 25.8 Å². The Labute approximate surface area is 149 Å². The van der Waals surface area contributed by atoms with Crippen molar-refractivity contribution in [3.8, 4) is 5.75 Å². The number of aliphatic hydroxyl groups excluding tert-OH is 1. The van der Waals surface area contributed by atoms with Crippen LogP contribution in [0.3, 0.4) is 0 Å². The molecule has 5 nitrogen and oxygen atoms in total. The Bertz CT molecular complexity index is 659. The summed E-state index contributed by atoms with van der Waals surface area (Å²) >= 11 is 0. The van der Waals surface area contributed by atoms with Gasteiger partial charge in [-0.25, -0.2) is 4.79 Å². The van der Waals surface area contributed by atoms with Crippen molar-refractivity contribution in [2.75, 3.05) is 11.9 Å². The summed E-state index contributed by atoms with van der Waals surface area (Å²) in [5.41, 5.74) is 1.60.